The molecule has 0 bridgehead atoms. The number of nitrogens with zero attached hydrogens (tertiary/aromatic N) is 2. The van der Waals surface area contributed by atoms with Gasteiger partial charge in [0.2, 0.25) is 0 Å². The van der Waals surface area contributed by atoms with Gasteiger partial charge in [-0.15, -0.1) is 0 Å². The Morgan fingerprint density at radius 2 is 1.87 bits per heavy atom. The molecule has 4 aromatic rings. The van der Waals surface area contributed by atoms with E-state index < -0.39 is 0 Å². The summed E-state index contributed by atoms with van der Waals surface area (Å²) in [6.07, 6.45) is 8.54. The molecule has 30 heavy (non-hydrogen) atoms. The molecule has 2 aliphatic rings. The minimum absolute atomic E-state index is 0.805. The Hall–Kier alpha value is -2.94. The SMILES string of the molecule is Cc1ccc2c(C)c3c(cc2c1)Oc1cc(CC2CCCC2)cc2nc[n+](C)c-3c12. The van der Waals surface area contributed by atoms with Crippen LogP contribution in [-0.2, 0) is 13.5 Å². The Morgan fingerprint density at radius 1 is 1.03 bits per heavy atom. The molecule has 0 unspecified atom stereocenters. The van der Waals surface area contributed by atoms with E-state index in [0.717, 1.165) is 34.7 Å². The fourth-order valence-corrected chi connectivity index (χ4v) is 5.60. The molecule has 0 atom stereocenters. The Morgan fingerprint density at radius 3 is 2.70 bits per heavy atom. The van der Waals surface area contributed by atoms with E-state index in [4.69, 9.17) is 9.72 Å². The van der Waals surface area contributed by atoms with Crippen LogP contribution in [0.5, 0.6) is 11.5 Å². The van der Waals surface area contributed by atoms with E-state index >= 15 is 0 Å². The Balaban J connectivity index is 1.60. The summed E-state index contributed by atoms with van der Waals surface area (Å²) in [7, 11) is 2.09. The third-order valence-corrected chi connectivity index (χ3v) is 7.08. The van der Waals surface area contributed by atoms with Gasteiger partial charge in [-0.2, -0.15) is 0 Å². The van der Waals surface area contributed by atoms with Crippen LogP contribution in [0.4, 0.5) is 0 Å². The summed E-state index contributed by atoms with van der Waals surface area (Å²) < 4.78 is 8.73. The summed E-state index contributed by atoms with van der Waals surface area (Å²) in [5.74, 6) is 2.72. The molecule has 6 rings (SSSR count). The Kier molecular flexibility index (Phi) is 3.89. The third-order valence-electron chi connectivity index (χ3n) is 7.08. The number of aryl methyl sites for hydroxylation is 3. The van der Waals surface area contributed by atoms with Crippen molar-refractivity contribution in [3.8, 4) is 22.8 Å². The van der Waals surface area contributed by atoms with Gasteiger partial charge in [0.15, 0.2) is 11.2 Å². The molecule has 1 fully saturated rings. The number of benzene rings is 3. The van der Waals surface area contributed by atoms with Crippen molar-refractivity contribution in [2.45, 2.75) is 46.0 Å². The second-order valence-corrected chi connectivity index (χ2v) is 9.25. The molecule has 0 saturated heterocycles. The molecular formula is C27H27N2O+. The highest BCUT2D eigenvalue weighted by Crippen LogP contribution is 2.48. The third kappa shape index (κ3) is 2.64. The Bertz CT molecular complexity index is 1330. The molecule has 3 nitrogen and oxygen atoms in total. The fraction of sp³-hybridized carbons (Fsp3) is 0.333. The van der Waals surface area contributed by atoms with Crippen molar-refractivity contribution in [3.05, 3.63) is 59.4 Å². The summed E-state index contributed by atoms with van der Waals surface area (Å²) >= 11 is 0. The van der Waals surface area contributed by atoms with Crippen molar-refractivity contribution in [2.24, 2.45) is 13.0 Å². The Labute approximate surface area is 177 Å². The summed E-state index contributed by atoms with van der Waals surface area (Å²) in [6, 6.07) is 13.4. The number of fused-ring (bicyclic) bond motifs is 3. The van der Waals surface area contributed by atoms with Crippen LogP contribution in [0.1, 0.15) is 42.4 Å². The van der Waals surface area contributed by atoms with E-state index in [1.807, 2.05) is 6.33 Å². The van der Waals surface area contributed by atoms with Crippen LogP contribution >= 0.6 is 0 Å². The van der Waals surface area contributed by atoms with Crippen LogP contribution in [0.3, 0.4) is 0 Å². The zero-order valence-electron chi connectivity index (χ0n) is 18.0. The van der Waals surface area contributed by atoms with Gasteiger partial charge in [0.05, 0.1) is 12.6 Å². The molecule has 1 aromatic heterocycles. The highest BCUT2D eigenvalue weighted by molar-refractivity contribution is 6.04. The summed E-state index contributed by atoms with van der Waals surface area (Å²) in [6.45, 7) is 4.36. The van der Waals surface area contributed by atoms with E-state index in [1.165, 1.54) is 64.4 Å². The van der Waals surface area contributed by atoms with Gasteiger partial charge >= 0.3 is 0 Å². The standard InChI is InChI=1S/C27H27N2O/c1-16-8-9-21-17(2)25-24(14-20(21)10-16)30-23-13-19(11-18-6-4-5-7-18)12-22-26(23)27(25)29(3)15-28-22/h8-10,12-15,18H,4-7,11H2,1-3H3/q+1. The zero-order chi connectivity index (χ0) is 20.4. The first-order valence-electron chi connectivity index (χ1n) is 11.1. The summed E-state index contributed by atoms with van der Waals surface area (Å²) in [4.78, 5) is 4.78. The molecular weight excluding hydrogens is 368 g/mol. The summed E-state index contributed by atoms with van der Waals surface area (Å²) in [5, 5.41) is 3.66. The molecule has 0 amide bonds. The van der Waals surface area contributed by atoms with Gasteiger partial charge in [-0.1, -0.05) is 49.4 Å². The van der Waals surface area contributed by atoms with Crippen LogP contribution in [0.25, 0.3) is 32.9 Å². The predicted molar refractivity (Wildman–Crippen MR) is 121 cm³/mol. The molecule has 1 aliphatic heterocycles. The van der Waals surface area contributed by atoms with Gasteiger partial charge in [0, 0.05) is 0 Å². The lowest BCUT2D eigenvalue weighted by molar-refractivity contribution is -0.662. The number of rotatable bonds is 2. The fourth-order valence-electron chi connectivity index (χ4n) is 5.60. The average molecular weight is 396 g/mol. The quantitative estimate of drug-likeness (QED) is 0.326. The largest absolute Gasteiger partial charge is 0.456 e. The lowest BCUT2D eigenvalue weighted by atomic mass is 9.91. The predicted octanol–water partition coefficient (Wildman–Crippen LogP) is 6.33. The number of aromatic nitrogens is 2. The first kappa shape index (κ1) is 17.9. The van der Waals surface area contributed by atoms with E-state index in [-0.39, 0.29) is 0 Å². The van der Waals surface area contributed by atoms with Crippen molar-refractivity contribution in [2.75, 3.05) is 0 Å². The minimum atomic E-state index is 0.805. The molecule has 0 spiro atoms. The van der Waals surface area contributed by atoms with E-state index in [9.17, 15) is 0 Å². The highest BCUT2D eigenvalue weighted by atomic mass is 16.5. The van der Waals surface area contributed by atoms with E-state index in [0.29, 0.717) is 0 Å². The topological polar surface area (TPSA) is 26.0 Å². The number of hydrogen-bond acceptors (Lipinski definition) is 2. The van der Waals surface area contributed by atoms with Gasteiger partial charge in [0.25, 0.3) is 6.33 Å². The second-order valence-electron chi connectivity index (χ2n) is 9.25. The second kappa shape index (κ2) is 6.53. The van der Waals surface area contributed by atoms with Gasteiger partial charge in [-0.05, 0) is 71.3 Å². The van der Waals surface area contributed by atoms with Crippen LogP contribution in [-0.4, -0.2) is 4.98 Å². The number of hydrogen-bond donors (Lipinski definition) is 0. The molecule has 2 heterocycles. The van der Waals surface area contributed by atoms with Crippen molar-refractivity contribution >= 4 is 21.7 Å². The van der Waals surface area contributed by atoms with Crippen molar-refractivity contribution in [1.82, 2.24) is 4.98 Å². The average Bonchev–Trinajstić information content (AvgIpc) is 3.22. The molecule has 150 valence electrons. The van der Waals surface area contributed by atoms with Crippen molar-refractivity contribution < 1.29 is 9.30 Å². The van der Waals surface area contributed by atoms with E-state index in [1.54, 1.807) is 0 Å². The highest BCUT2D eigenvalue weighted by Gasteiger charge is 2.30. The molecule has 0 radical (unpaired) electrons. The van der Waals surface area contributed by atoms with Gasteiger partial charge < -0.3 is 4.74 Å². The van der Waals surface area contributed by atoms with Crippen LogP contribution in [0.15, 0.2) is 42.7 Å². The first-order valence-corrected chi connectivity index (χ1v) is 11.1. The summed E-state index contributed by atoms with van der Waals surface area (Å²) in [5.41, 5.74) is 7.34. The van der Waals surface area contributed by atoms with Gasteiger partial charge in [-0.3, -0.25) is 0 Å². The van der Waals surface area contributed by atoms with Crippen LogP contribution in [0, 0.1) is 19.8 Å². The zero-order valence-corrected chi connectivity index (χ0v) is 18.0. The molecule has 1 saturated carbocycles. The maximum absolute atomic E-state index is 6.59. The van der Waals surface area contributed by atoms with Crippen LogP contribution < -0.4 is 9.30 Å². The first-order chi connectivity index (χ1) is 14.6. The van der Waals surface area contributed by atoms with Gasteiger partial charge in [0.1, 0.15) is 16.9 Å². The van der Waals surface area contributed by atoms with Crippen molar-refractivity contribution in [1.29, 1.82) is 0 Å². The molecule has 0 N–H and O–H groups in total. The van der Waals surface area contributed by atoms with Gasteiger partial charge in [-0.25, -0.2) is 4.57 Å². The normalized spacial score (nSPS) is 15.6. The lowest BCUT2D eigenvalue weighted by Gasteiger charge is -2.23. The lowest BCUT2D eigenvalue weighted by Crippen LogP contribution is -2.32. The smallest absolute Gasteiger partial charge is 0.287 e. The molecule has 3 aromatic carbocycles. The monoisotopic (exact) mass is 395 g/mol. The maximum atomic E-state index is 6.59. The van der Waals surface area contributed by atoms with Crippen molar-refractivity contribution in [3.63, 3.8) is 0 Å². The van der Waals surface area contributed by atoms with Crippen LogP contribution in [0.2, 0.25) is 0 Å². The molecule has 3 heteroatoms. The van der Waals surface area contributed by atoms with E-state index in [2.05, 4.69) is 61.9 Å². The molecule has 1 aliphatic carbocycles. The maximum Gasteiger partial charge on any atom is 0.287 e. The minimum Gasteiger partial charge on any atom is -0.456 e. The number of ether oxygens (including phenoxy) is 1.